The maximum atomic E-state index is 6.28. The molecule has 0 radical (unpaired) electrons. The van der Waals surface area contributed by atoms with E-state index in [1.54, 1.807) is 0 Å². The number of aryl methyl sites for hydroxylation is 2. The average Bonchev–Trinajstić information content (AvgIpc) is 2.34. The van der Waals surface area contributed by atoms with E-state index in [1.807, 2.05) is 0 Å². The Balaban J connectivity index is 3.22. The highest BCUT2D eigenvalue weighted by Gasteiger charge is 2.35. The molecule has 0 aromatic heterocycles. The summed E-state index contributed by atoms with van der Waals surface area (Å²) < 4.78 is 0. The number of rotatable bonds is 7. The van der Waals surface area contributed by atoms with Gasteiger partial charge in [-0.05, 0) is 61.8 Å². The molecule has 120 valence electrons. The van der Waals surface area contributed by atoms with Crippen LogP contribution in [0.2, 0.25) is 0 Å². The Hall–Kier alpha value is -1.02. The van der Waals surface area contributed by atoms with Crippen LogP contribution in [0.3, 0.4) is 0 Å². The minimum absolute atomic E-state index is 0.0442. The van der Waals surface area contributed by atoms with Crippen molar-refractivity contribution in [1.82, 2.24) is 0 Å². The van der Waals surface area contributed by atoms with Gasteiger partial charge < -0.3 is 10.6 Å². The van der Waals surface area contributed by atoms with Crippen molar-refractivity contribution in [2.45, 2.75) is 59.9 Å². The lowest BCUT2D eigenvalue weighted by molar-refractivity contribution is 0.280. The van der Waals surface area contributed by atoms with E-state index in [1.165, 1.54) is 16.8 Å². The highest BCUT2D eigenvalue weighted by atomic mass is 15.2. The first-order chi connectivity index (χ1) is 9.70. The summed E-state index contributed by atoms with van der Waals surface area (Å²) >= 11 is 0. The average molecular weight is 290 g/mol. The third kappa shape index (κ3) is 4.74. The molecule has 1 aromatic rings. The molecule has 0 amide bonds. The summed E-state index contributed by atoms with van der Waals surface area (Å²) in [6.07, 6.45) is 2.26. The largest absolute Gasteiger partial charge is 0.368 e. The fourth-order valence-electron chi connectivity index (χ4n) is 3.60. The summed E-state index contributed by atoms with van der Waals surface area (Å²) in [5.41, 5.74) is 10.2. The Morgan fingerprint density at radius 2 is 1.38 bits per heavy atom. The molecular weight excluding hydrogens is 256 g/mol. The van der Waals surface area contributed by atoms with Crippen molar-refractivity contribution >= 4 is 5.69 Å². The summed E-state index contributed by atoms with van der Waals surface area (Å²) in [4.78, 5) is 2.44. The monoisotopic (exact) mass is 290 g/mol. The lowest BCUT2D eigenvalue weighted by Crippen LogP contribution is -2.54. The van der Waals surface area contributed by atoms with Gasteiger partial charge in [0, 0.05) is 19.3 Å². The molecule has 0 aliphatic heterocycles. The molecule has 21 heavy (non-hydrogen) atoms. The zero-order valence-electron chi connectivity index (χ0n) is 15.0. The predicted octanol–water partition coefficient (Wildman–Crippen LogP) is 4.53. The summed E-state index contributed by atoms with van der Waals surface area (Å²) in [5.74, 6) is 1.28. The van der Waals surface area contributed by atoms with E-state index < -0.39 is 0 Å². The van der Waals surface area contributed by atoms with Gasteiger partial charge in [-0.2, -0.15) is 0 Å². The first-order valence-electron chi connectivity index (χ1n) is 8.22. The van der Waals surface area contributed by atoms with Gasteiger partial charge in [0.2, 0.25) is 0 Å². The third-order valence-corrected chi connectivity index (χ3v) is 4.26. The Morgan fingerprint density at radius 1 is 0.952 bits per heavy atom. The molecule has 2 N–H and O–H groups in total. The highest BCUT2D eigenvalue weighted by Crippen LogP contribution is 2.34. The van der Waals surface area contributed by atoms with Crippen molar-refractivity contribution in [3.63, 3.8) is 0 Å². The number of anilines is 1. The zero-order chi connectivity index (χ0) is 16.2. The molecule has 0 bridgehead atoms. The van der Waals surface area contributed by atoms with Gasteiger partial charge in [0.25, 0.3) is 0 Å². The van der Waals surface area contributed by atoms with Crippen LogP contribution in [0, 0.1) is 25.7 Å². The quantitative estimate of drug-likeness (QED) is 0.799. The number of benzene rings is 1. The molecule has 0 saturated heterocycles. The van der Waals surface area contributed by atoms with Gasteiger partial charge in [-0.25, -0.2) is 0 Å². The fourth-order valence-corrected chi connectivity index (χ4v) is 3.60. The molecule has 0 heterocycles. The van der Waals surface area contributed by atoms with Crippen molar-refractivity contribution in [1.29, 1.82) is 0 Å². The maximum absolute atomic E-state index is 6.28. The van der Waals surface area contributed by atoms with Crippen LogP contribution in [0.4, 0.5) is 5.69 Å². The molecule has 0 fully saturated rings. The van der Waals surface area contributed by atoms with Crippen molar-refractivity contribution in [3.05, 3.63) is 29.3 Å². The summed E-state index contributed by atoms with van der Waals surface area (Å²) in [5, 5.41) is 0. The predicted molar refractivity (Wildman–Crippen MR) is 95.0 cm³/mol. The van der Waals surface area contributed by atoms with E-state index in [4.69, 9.17) is 5.73 Å². The van der Waals surface area contributed by atoms with Crippen LogP contribution in [0.5, 0.6) is 0 Å². The van der Waals surface area contributed by atoms with E-state index in [0.717, 1.165) is 12.8 Å². The first-order valence-corrected chi connectivity index (χ1v) is 8.22. The summed E-state index contributed by atoms with van der Waals surface area (Å²) in [6, 6.07) is 6.78. The molecule has 0 atom stereocenters. The molecule has 0 unspecified atom stereocenters. The van der Waals surface area contributed by atoms with Gasteiger partial charge >= 0.3 is 0 Å². The van der Waals surface area contributed by atoms with Crippen LogP contribution in [0.1, 0.15) is 51.7 Å². The molecule has 0 saturated carbocycles. The minimum Gasteiger partial charge on any atom is -0.368 e. The van der Waals surface area contributed by atoms with E-state index in [-0.39, 0.29) is 5.54 Å². The lowest BCUT2D eigenvalue weighted by atomic mass is 9.80. The summed E-state index contributed by atoms with van der Waals surface area (Å²) in [7, 11) is 2.21. The molecule has 0 aliphatic rings. The van der Waals surface area contributed by atoms with Crippen molar-refractivity contribution in [3.8, 4) is 0 Å². The van der Waals surface area contributed by atoms with Crippen molar-refractivity contribution in [2.75, 3.05) is 18.5 Å². The molecule has 1 aromatic carbocycles. The van der Waals surface area contributed by atoms with Crippen LogP contribution in [0.15, 0.2) is 18.2 Å². The van der Waals surface area contributed by atoms with Crippen LogP contribution in [-0.4, -0.2) is 19.1 Å². The second kappa shape index (κ2) is 7.31. The van der Waals surface area contributed by atoms with Gasteiger partial charge in [-0.3, -0.25) is 0 Å². The van der Waals surface area contributed by atoms with E-state index in [2.05, 4.69) is 71.7 Å². The van der Waals surface area contributed by atoms with Crippen LogP contribution in [-0.2, 0) is 0 Å². The van der Waals surface area contributed by atoms with E-state index >= 15 is 0 Å². The molecule has 0 spiro atoms. The maximum Gasteiger partial charge on any atom is 0.0525 e. The number of nitrogens with two attached hydrogens (primary N) is 1. The van der Waals surface area contributed by atoms with E-state index in [9.17, 15) is 0 Å². The van der Waals surface area contributed by atoms with Gasteiger partial charge in [0.1, 0.15) is 0 Å². The molecule has 2 nitrogen and oxygen atoms in total. The third-order valence-electron chi connectivity index (χ3n) is 4.26. The Bertz CT molecular complexity index is 419. The molecule has 0 aliphatic carbocycles. The minimum atomic E-state index is 0.0442. The van der Waals surface area contributed by atoms with E-state index in [0.29, 0.717) is 18.4 Å². The van der Waals surface area contributed by atoms with Gasteiger partial charge in [0.05, 0.1) is 5.54 Å². The second-order valence-electron chi connectivity index (χ2n) is 7.53. The van der Waals surface area contributed by atoms with Crippen LogP contribution < -0.4 is 10.6 Å². The van der Waals surface area contributed by atoms with Crippen molar-refractivity contribution < 1.29 is 0 Å². The molecule has 1 rings (SSSR count). The fraction of sp³-hybridized carbons (Fsp3) is 0.684. The normalized spacial score (nSPS) is 12.3. The standard InChI is InChI=1S/C19H34N2/c1-14(2)11-19(13-20,12-15(3)4)21(7)18-9-16(5)8-17(6)10-18/h8-10,14-15H,11-13,20H2,1-7H3. The number of nitrogens with zero attached hydrogens (tertiary/aromatic N) is 1. The SMILES string of the molecule is Cc1cc(C)cc(N(C)C(CN)(CC(C)C)CC(C)C)c1. The second-order valence-corrected chi connectivity index (χ2v) is 7.53. The van der Waals surface area contributed by atoms with Gasteiger partial charge in [0.15, 0.2) is 0 Å². The number of likely N-dealkylation sites (N-methyl/N-ethyl adjacent to an activating group) is 1. The highest BCUT2D eigenvalue weighted by molar-refractivity contribution is 5.52. The van der Waals surface area contributed by atoms with Crippen LogP contribution in [0.25, 0.3) is 0 Å². The number of hydrogen-bond acceptors (Lipinski definition) is 2. The topological polar surface area (TPSA) is 29.3 Å². The Morgan fingerprint density at radius 3 is 1.71 bits per heavy atom. The number of hydrogen-bond donors (Lipinski definition) is 1. The molecule has 2 heteroatoms. The lowest BCUT2D eigenvalue weighted by Gasteiger charge is -2.45. The van der Waals surface area contributed by atoms with Crippen molar-refractivity contribution in [2.24, 2.45) is 17.6 Å². The van der Waals surface area contributed by atoms with Crippen LogP contribution >= 0.6 is 0 Å². The Kier molecular flexibility index (Phi) is 6.27. The zero-order valence-corrected chi connectivity index (χ0v) is 15.0. The summed E-state index contributed by atoms with van der Waals surface area (Å²) in [6.45, 7) is 14.2. The molecular formula is C19H34N2. The first kappa shape index (κ1) is 18.0. The Labute approximate surface area is 131 Å². The van der Waals surface area contributed by atoms with Gasteiger partial charge in [-0.1, -0.05) is 33.8 Å². The van der Waals surface area contributed by atoms with Gasteiger partial charge in [-0.15, -0.1) is 0 Å². The smallest absolute Gasteiger partial charge is 0.0525 e.